The maximum atomic E-state index is 10.8. The fourth-order valence-electron chi connectivity index (χ4n) is 0.577. The quantitative estimate of drug-likeness (QED) is 0.619. The van der Waals surface area contributed by atoms with E-state index in [0.29, 0.717) is 11.6 Å². The Bertz CT molecular complexity index is 222. The van der Waals surface area contributed by atoms with Gasteiger partial charge in [-0.05, 0) is 6.92 Å². The van der Waals surface area contributed by atoms with Gasteiger partial charge >= 0.3 is 5.97 Å². The molecule has 0 aliphatic rings. The number of ether oxygens (including phenoxy) is 1. The first kappa shape index (κ1) is 8.13. The van der Waals surface area contributed by atoms with E-state index in [1.807, 2.05) is 0 Å². The SMILES string of the molecule is CCOC(=O)Cc1nn[c]s1. The first-order valence-electron chi connectivity index (χ1n) is 3.17. The van der Waals surface area contributed by atoms with Crippen molar-refractivity contribution in [2.45, 2.75) is 13.3 Å². The molecule has 1 aromatic heterocycles. The molecule has 1 heterocycles. The number of hydrogen-bond acceptors (Lipinski definition) is 5. The Balaban J connectivity index is 2.37. The van der Waals surface area contributed by atoms with Gasteiger partial charge in [0.1, 0.15) is 5.01 Å². The predicted molar refractivity (Wildman–Crippen MR) is 39.1 cm³/mol. The summed E-state index contributed by atoms with van der Waals surface area (Å²) in [5, 5.41) is 7.76. The van der Waals surface area contributed by atoms with Crippen molar-refractivity contribution in [1.29, 1.82) is 0 Å². The summed E-state index contributed by atoms with van der Waals surface area (Å²) >= 11 is 1.23. The number of nitrogens with zero attached hydrogens (tertiary/aromatic N) is 2. The highest BCUT2D eigenvalue weighted by Gasteiger charge is 2.05. The van der Waals surface area contributed by atoms with Gasteiger partial charge in [-0.25, -0.2) is 0 Å². The van der Waals surface area contributed by atoms with Crippen LogP contribution in [0.5, 0.6) is 0 Å². The van der Waals surface area contributed by atoms with Gasteiger partial charge in [-0.15, -0.1) is 10.2 Å². The zero-order valence-electron chi connectivity index (χ0n) is 6.03. The zero-order chi connectivity index (χ0) is 8.10. The minimum absolute atomic E-state index is 0.203. The molecule has 59 valence electrons. The highest BCUT2D eigenvalue weighted by molar-refractivity contribution is 7.08. The van der Waals surface area contributed by atoms with E-state index in [-0.39, 0.29) is 12.4 Å². The van der Waals surface area contributed by atoms with Gasteiger partial charge in [-0.3, -0.25) is 4.79 Å². The summed E-state index contributed by atoms with van der Waals surface area (Å²) in [4.78, 5) is 10.8. The summed E-state index contributed by atoms with van der Waals surface area (Å²) in [6, 6.07) is 0. The Hall–Kier alpha value is -0.970. The molecule has 0 bridgehead atoms. The van der Waals surface area contributed by atoms with Gasteiger partial charge in [0.2, 0.25) is 0 Å². The first-order valence-corrected chi connectivity index (χ1v) is 3.98. The molecule has 0 saturated carbocycles. The van der Waals surface area contributed by atoms with Gasteiger partial charge in [-0.2, -0.15) is 0 Å². The van der Waals surface area contributed by atoms with Gasteiger partial charge in [-0.1, -0.05) is 11.3 Å². The maximum absolute atomic E-state index is 10.8. The lowest BCUT2D eigenvalue weighted by atomic mass is 10.5. The molecule has 4 nitrogen and oxygen atoms in total. The minimum Gasteiger partial charge on any atom is -0.466 e. The molecular formula is C6H7N2O2S. The summed E-state index contributed by atoms with van der Waals surface area (Å²) in [7, 11) is 0. The molecule has 0 aliphatic heterocycles. The number of hydrogen-bond donors (Lipinski definition) is 0. The number of carbonyl (C=O) groups is 1. The van der Waals surface area contributed by atoms with E-state index in [1.165, 1.54) is 11.3 Å². The van der Waals surface area contributed by atoms with Gasteiger partial charge in [0.15, 0.2) is 5.51 Å². The van der Waals surface area contributed by atoms with Crippen molar-refractivity contribution in [3.8, 4) is 0 Å². The van der Waals surface area contributed by atoms with Gasteiger partial charge in [0.05, 0.1) is 13.0 Å². The Morgan fingerprint density at radius 2 is 2.64 bits per heavy atom. The van der Waals surface area contributed by atoms with Crippen molar-refractivity contribution in [2.75, 3.05) is 6.61 Å². The Morgan fingerprint density at radius 3 is 3.18 bits per heavy atom. The number of esters is 1. The third kappa shape index (κ3) is 2.63. The maximum Gasteiger partial charge on any atom is 0.312 e. The van der Waals surface area contributed by atoms with Crippen LogP contribution in [0.15, 0.2) is 0 Å². The van der Waals surface area contributed by atoms with E-state index in [4.69, 9.17) is 4.74 Å². The number of carbonyl (C=O) groups excluding carboxylic acids is 1. The summed E-state index contributed by atoms with van der Waals surface area (Å²) in [5.41, 5.74) is 2.55. The highest BCUT2D eigenvalue weighted by Crippen LogP contribution is 2.01. The van der Waals surface area contributed by atoms with E-state index >= 15 is 0 Å². The van der Waals surface area contributed by atoms with E-state index in [9.17, 15) is 4.79 Å². The zero-order valence-corrected chi connectivity index (χ0v) is 6.85. The second kappa shape index (κ2) is 4.02. The molecule has 0 aliphatic carbocycles. The molecule has 0 N–H and O–H groups in total. The fraction of sp³-hybridized carbons (Fsp3) is 0.500. The first-order chi connectivity index (χ1) is 5.33. The van der Waals surface area contributed by atoms with Crippen LogP contribution in [0.4, 0.5) is 0 Å². The van der Waals surface area contributed by atoms with Gasteiger partial charge < -0.3 is 4.74 Å². The molecule has 0 unspecified atom stereocenters. The Morgan fingerprint density at radius 1 is 1.82 bits per heavy atom. The van der Waals surface area contributed by atoms with Crippen molar-refractivity contribution in [2.24, 2.45) is 0 Å². The van der Waals surface area contributed by atoms with E-state index in [1.54, 1.807) is 6.92 Å². The molecular weight excluding hydrogens is 164 g/mol. The fourth-order valence-corrected chi connectivity index (χ4v) is 1.04. The topological polar surface area (TPSA) is 52.1 Å². The van der Waals surface area contributed by atoms with Crippen LogP contribution in [0.25, 0.3) is 0 Å². The van der Waals surface area contributed by atoms with Crippen LogP contribution in [-0.2, 0) is 16.0 Å². The van der Waals surface area contributed by atoms with E-state index < -0.39 is 0 Å². The largest absolute Gasteiger partial charge is 0.466 e. The molecule has 1 rings (SSSR count). The Labute approximate surface area is 68.2 Å². The van der Waals surface area contributed by atoms with Crippen LogP contribution in [0.2, 0.25) is 0 Å². The van der Waals surface area contributed by atoms with Crippen molar-refractivity contribution in [1.82, 2.24) is 10.2 Å². The van der Waals surface area contributed by atoms with Crippen LogP contribution in [0, 0.1) is 5.51 Å². The molecule has 0 fully saturated rings. The minimum atomic E-state index is -0.266. The molecule has 0 saturated heterocycles. The Kier molecular flexibility index (Phi) is 2.97. The van der Waals surface area contributed by atoms with E-state index in [2.05, 4.69) is 15.7 Å². The average molecular weight is 171 g/mol. The smallest absolute Gasteiger partial charge is 0.312 e. The number of rotatable bonds is 3. The average Bonchev–Trinajstić information content (AvgIpc) is 2.40. The van der Waals surface area contributed by atoms with Crippen LogP contribution < -0.4 is 0 Å². The molecule has 0 amide bonds. The monoisotopic (exact) mass is 171 g/mol. The normalized spacial score (nSPS) is 9.55. The second-order valence-corrected chi connectivity index (χ2v) is 2.63. The molecule has 1 radical (unpaired) electrons. The van der Waals surface area contributed by atoms with Crippen LogP contribution in [0.1, 0.15) is 11.9 Å². The molecule has 11 heavy (non-hydrogen) atoms. The second-order valence-electron chi connectivity index (χ2n) is 1.77. The molecule has 0 aromatic carbocycles. The lowest BCUT2D eigenvalue weighted by molar-refractivity contribution is -0.142. The predicted octanol–water partition coefficient (Wildman–Crippen LogP) is 0.444. The molecule has 0 atom stereocenters. The molecule has 1 aromatic rings. The number of aromatic nitrogens is 2. The van der Waals surface area contributed by atoms with Crippen molar-refractivity contribution in [3.05, 3.63) is 10.5 Å². The van der Waals surface area contributed by atoms with Crippen molar-refractivity contribution >= 4 is 17.3 Å². The van der Waals surface area contributed by atoms with Crippen LogP contribution in [0.3, 0.4) is 0 Å². The summed E-state index contributed by atoms with van der Waals surface area (Å²) in [5.74, 6) is -0.266. The summed E-state index contributed by atoms with van der Waals surface area (Å²) in [6.45, 7) is 2.17. The molecule has 5 heteroatoms. The molecule has 0 spiro atoms. The van der Waals surface area contributed by atoms with Gasteiger partial charge in [0, 0.05) is 0 Å². The van der Waals surface area contributed by atoms with Gasteiger partial charge in [0.25, 0.3) is 0 Å². The standard InChI is InChI=1S/C6H7N2O2S/c1-2-10-6(9)3-5-8-7-4-11-5/h2-3H2,1H3. The summed E-state index contributed by atoms with van der Waals surface area (Å²) in [6.07, 6.45) is 0.203. The lowest BCUT2D eigenvalue weighted by Crippen LogP contribution is -2.07. The van der Waals surface area contributed by atoms with Crippen molar-refractivity contribution in [3.63, 3.8) is 0 Å². The lowest BCUT2D eigenvalue weighted by Gasteiger charge is -1.96. The highest BCUT2D eigenvalue weighted by atomic mass is 32.1. The van der Waals surface area contributed by atoms with Crippen molar-refractivity contribution < 1.29 is 9.53 Å². The van der Waals surface area contributed by atoms with Crippen LogP contribution >= 0.6 is 11.3 Å². The summed E-state index contributed by atoms with van der Waals surface area (Å²) < 4.78 is 4.70. The van der Waals surface area contributed by atoms with Crippen LogP contribution in [-0.4, -0.2) is 22.8 Å². The van der Waals surface area contributed by atoms with E-state index in [0.717, 1.165) is 0 Å². The third-order valence-corrected chi connectivity index (χ3v) is 1.60. The third-order valence-electron chi connectivity index (χ3n) is 0.967.